The molecule has 0 unspecified atom stereocenters. The number of hydrogen-bond donors (Lipinski definition) is 1. The van der Waals surface area contributed by atoms with Crippen LogP contribution in [-0.2, 0) is 5.41 Å². The zero-order chi connectivity index (χ0) is 16.2. The molecule has 0 aromatic heterocycles. The molecule has 1 amide bonds. The number of nitrogens with one attached hydrogen (secondary N) is 1. The predicted octanol–water partition coefficient (Wildman–Crippen LogP) is 4.06. The lowest BCUT2D eigenvalue weighted by Crippen LogP contribution is -2.18. The Morgan fingerprint density at radius 3 is 2.14 bits per heavy atom. The highest BCUT2D eigenvalue weighted by molar-refractivity contribution is 5.94. The van der Waals surface area contributed by atoms with Gasteiger partial charge in [0, 0.05) is 5.56 Å². The molecule has 0 aliphatic heterocycles. The number of aryl methyl sites for hydroxylation is 1. The lowest BCUT2D eigenvalue weighted by molar-refractivity contribution is 0.0955. The largest absolute Gasteiger partial charge is 0.271 e. The molecule has 3 nitrogen and oxygen atoms in total. The van der Waals surface area contributed by atoms with Crippen LogP contribution in [0.3, 0.4) is 0 Å². The van der Waals surface area contributed by atoms with E-state index < -0.39 is 0 Å². The molecule has 0 saturated carbocycles. The number of carbonyl (C=O) groups is 1. The zero-order valence-corrected chi connectivity index (χ0v) is 13.6. The Bertz CT molecular complexity index is 662. The molecule has 2 aromatic rings. The van der Waals surface area contributed by atoms with Gasteiger partial charge >= 0.3 is 0 Å². The maximum absolute atomic E-state index is 12.0. The van der Waals surface area contributed by atoms with Crippen molar-refractivity contribution in [2.24, 2.45) is 5.10 Å². The van der Waals surface area contributed by atoms with E-state index in [2.05, 4.69) is 31.3 Å². The molecular formula is C19H22N2O. The Morgan fingerprint density at radius 2 is 1.59 bits per heavy atom. The first-order chi connectivity index (χ1) is 10.4. The minimum Gasteiger partial charge on any atom is -0.267 e. The van der Waals surface area contributed by atoms with Gasteiger partial charge in [0.05, 0.1) is 6.21 Å². The van der Waals surface area contributed by atoms with Crippen molar-refractivity contribution >= 4 is 12.1 Å². The molecule has 0 aliphatic carbocycles. The molecule has 22 heavy (non-hydrogen) atoms. The van der Waals surface area contributed by atoms with Crippen LogP contribution in [0.15, 0.2) is 53.6 Å². The maximum atomic E-state index is 12.0. The van der Waals surface area contributed by atoms with Crippen molar-refractivity contribution in [2.45, 2.75) is 33.1 Å². The highest BCUT2D eigenvalue weighted by Gasteiger charge is 2.13. The van der Waals surface area contributed by atoms with Gasteiger partial charge in [0.1, 0.15) is 0 Å². The van der Waals surface area contributed by atoms with Gasteiger partial charge in [0.2, 0.25) is 0 Å². The molecular weight excluding hydrogens is 272 g/mol. The average molecular weight is 294 g/mol. The quantitative estimate of drug-likeness (QED) is 0.673. The fourth-order valence-corrected chi connectivity index (χ4v) is 2.00. The van der Waals surface area contributed by atoms with Gasteiger partial charge in [0.25, 0.3) is 5.91 Å². The molecule has 0 saturated heterocycles. The van der Waals surface area contributed by atoms with Gasteiger partial charge in [0.15, 0.2) is 0 Å². The summed E-state index contributed by atoms with van der Waals surface area (Å²) in [4.78, 5) is 12.0. The van der Waals surface area contributed by atoms with Crippen molar-refractivity contribution < 1.29 is 4.79 Å². The third-order valence-electron chi connectivity index (χ3n) is 3.47. The normalized spacial score (nSPS) is 11.6. The SMILES string of the molecule is Cc1ccc(/C=N\NC(=O)c2ccc(C(C)(C)C)cc2)cc1. The number of amides is 1. The summed E-state index contributed by atoms with van der Waals surface area (Å²) in [6.45, 7) is 8.47. The van der Waals surface area contributed by atoms with Gasteiger partial charge in [-0.05, 0) is 35.6 Å². The van der Waals surface area contributed by atoms with E-state index in [1.807, 2.05) is 55.5 Å². The first-order valence-corrected chi connectivity index (χ1v) is 7.37. The molecule has 0 atom stereocenters. The molecule has 0 fully saturated rings. The van der Waals surface area contributed by atoms with Crippen LogP contribution in [0, 0.1) is 6.92 Å². The van der Waals surface area contributed by atoms with Gasteiger partial charge in [-0.3, -0.25) is 4.79 Å². The third kappa shape index (κ3) is 4.29. The maximum Gasteiger partial charge on any atom is 0.271 e. The summed E-state index contributed by atoms with van der Waals surface area (Å²) in [5.74, 6) is -0.205. The number of rotatable bonds is 3. The van der Waals surface area contributed by atoms with Crippen molar-refractivity contribution in [3.8, 4) is 0 Å². The van der Waals surface area contributed by atoms with Gasteiger partial charge in [-0.15, -0.1) is 0 Å². The summed E-state index contributed by atoms with van der Waals surface area (Å²) < 4.78 is 0. The second-order valence-electron chi connectivity index (χ2n) is 6.44. The van der Waals surface area contributed by atoms with Gasteiger partial charge in [-0.1, -0.05) is 62.7 Å². The predicted molar refractivity (Wildman–Crippen MR) is 91.4 cm³/mol. The summed E-state index contributed by atoms with van der Waals surface area (Å²) in [5, 5.41) is 3.99. The van der Waals surface area contributed by atoms with E-state index in [9.17, 15) is 4.79 Å². The molecule has 2 rings (SSSR count). The standard InChI is InChI=1S/C19H22N2O/c1-14-5-7-15(8-6-14)13-20-21-18(22)16-9-11-17(12-10-16)19(2,3)4/h5-13H,1-4H3,(H,21,22)/b20-13-. The van der Waals surface area contributed by atoms with Crippen molar-refractivity contribution in [2.75, 3.05) is 0 Å². The zero-order valence-electron chi connectivity index (χ0n) is 13.6. The monoisotopic (exact) mass is 294 g/mol. The Balaban J connectivity index is 1.99. The van der Waals surface area contributed by atoms with E-state index in [0.717, 1.165) is 5.56 Å². The number of hydrogen-bond acceptors (Lipinski definition) is 2. The number of benzene rings is 2. The van der Waals surface area contributed by atoms with Crippen LogP contribution in [-0.4, -0.2) is 12.1 Å². The van der Waals surface area contributed by atoms with E-state index >= 15 is 0 Å². The minimum absolute atomic E-state index is 0.0819. The Kier molecular flexibility index (Phi) is 4.76. The first kappa shape index (κ1) is 16.0. The van der Waals surface area contributed by atoms with Crippen molar-refractivity contribution in [1.29, 1.82) is 0 Å². The number of nitrogens with zero attached hydrogens (tertiary/aromatic N) is 1. The highest BCUT2D eigenvalue weighted by atomic mass is 16.2. The summed E-state index contributed by atoms with van der Waals surface area (Å²) in [7, 11) is 0. The molecule has 2 aromatic carbocycles. The van der Waals surface area contributed by atoms with Crippen molar-refractivity contribution in [3.63, 3.8) is 0 Å². The van der Waals surface area contributed by atoms with E-state index in [0.29, 0.717) is 5.56 Å². The van der Waals surface area contributed by atoms with E-state index in [1.54, 1.807) is 6.21 Å². The van der Waals surface area contributed by atoms with Crippen LogP contribution < -0.4 is 5.43 Å². The van der Waals surface area contributed by atoms with E-state index in [1.165, 1.54) is 11.1 Å². The second-order valence-corrected chi connectivity index (χ2v) is 6.44. The molecule has 1 N–H and O–H groups in total. The molecule has 0 radical (unpaired) electrons. The average Bonchev–Trinajstić information content (AvgIpc) is 2.48. The summed E-state index contributed by atoms with van der Waals surface area (Å²) in [5.41, 5.74) is 6.59. The third-order valence-corrected chi connectivity index (χ3v) is 3.47. The number of carbonyl (C=O) groups excluding carboxylic acids is 1. The van der Waals surface area contributed by atoms with Crippen molar-refractivity contribution in [3.05, 3.63) is 70.8 Å². The fourth-order valence-electron chi connectivity index (χ4n) is 2.00. The van der Waals surface area contributed by atoms with Crippen LogP contribution >= 0.6 is 0 Å². The van der Waals surface area contributed by atoms with Crippen LogP contribution in [0.2, 0.25) is 0 Å². The second kappa shape index (κ2) is 6.56. The molecule has 0 aliphatic rings. The topological polar surface area (TPSA) is 41.5 Å². The fraction of sp³-hybridized carbons (Fsp3) is 0.263. The Hall–Kier alpha value is -2.42. The van der Waals surface area contributed by atoms with Gasteiger partial charge in [-0.2, -0.15) is 5.10 Å². The van der Waals surface area contributed by atoms with Crippen LogP contribution in [0.5, 0.6) is 0 Å². The van der Waals surface area contributed by atoms with Crippen LogP contribution in [0.4, 0.5) is 0 Å². The minimum atomic E-state index is -0.205. The van der Waals surface area contributed by atoms with E-state index in [4.69, 9.17) is 0 Å². The van der Waals surface area contributed by atoms with Gasteiger partial charge < -0.3 is 0 Å². The first-order valence-electron chi connectivity index (χ1n) is 7.37. The molecule has 0 spiro atoms. The number of hydrazone groups is 1. The summed E-state index contributed by atoms with van der Waals surface area (Å²) in [6.07, 6.45) is 1.64. The van der Waals surface area contributed by atoms with Crippen molar-refractivity contribution in [1.82, 2.24) is 5.43 Å². The lowest BCUT2D eigenvalue weighted by atomic mass is 9.87. The Morgan fingerprint density at radius 1 is 1.00 bits per heavy atom. The Labute approximate surface area is 132 Å². The van der Waals surface area contributed by atoms with Gasteiger partial charge in [-0.25, -0.2) is 5.43 Å². The highest BCUT2D eigenvalue weighted by Crippen LogP contribution is 2.22. The summed E-state index contributed by atoms with van der Waals surface area (Å²) >= 11 is 0. The molecule has 0 heterocycles. The molecule has 3 heteroatoms. The van der Waals surface area contributed by atoms with Crippen LogP contribution in [0.1, 0.15) is 47.8 Å². The molecule has 0 bridgehead atoms. The van der Waals surface area contributed by atoms with E-state index in [-0.39, 0.29) is 11.3 Å². The summed E-state index contributed by atoms with van der Waals surface area (Å²) in [6, 6.07) is 15.6. The smallest absolute Gasteiger partial charge is 0.267 e. The lowest BCUT2D eigenvalue weighted by Gasteiger charge is -2.18. The molecule has 114 valence electrons. The van der Waals surface area contributed by atoms with Crippen LogP contribution in [0.25, 0.3) is 0 Å².